The Bertz CT molecular complexity index is 279. The minimum absolute atomic E-state index is 0.0829. The molecule has 1 aromatic rings. The number of thiazole rings is 1. The molecule has 0 spiro atoms. The summed E-state index contributed by atoms with van der Waals surface area (Å²) >= 11 is 1.61. The van der Waals surface area contributed by atoms with E-state index in [2.05, 4.69) is 30.7 Å². The van der Waals surface area contributed by atoms with E-state index in [0.717, 1.165) is 12.2 Å². The molecule has 0 radical (unpaired) electrons. The van der Waals surface area contributed by atoms with E-state index in [9.17, 15) is 5.11 Å². The van der Waals surface area contributed by atoms with Crippen LogP contribution < -0.4 is 0 Å². The zero-order valence-corrected chi connectivity index (χ0v) is 10.7. The maximum absolute atomic E-state index is 9.40. The van der Waals surface area contributed by atoms with Gasteiger partial charge in [-0.2, -0.15) is 0 Å². The molecule has 1 rings (SSSR count). The largest absolute Gasteiger partial charge is 0.395 e. The number of likely N-dealkylation sites (N-methyl/N-ethyl adjacent to an activating group) is 1. The van der Waals surface area contributed by atoms with Crippen molar-refractivity contribution < 1.29 is 5.11 Å². The predicted molar refractivity (Wildman–Crippen MR) is 63.9 cm³/mol. The average Bonchev–Trinajstić information content (AvgIpc) is 2.54. The lowest BCUT2D eigenvalue weighted by Gasteiger charge is -2.36. The van der Waals surface area contributed by atoms with E-state index in [-0.39, 0.29) is 18.1 Å². The molecular weight excluding hydrogens is 208 g/mol. The molecule has 1 heterocycles. The molecule has 15 heavy (non-hydrogen) atoms. The average molecular weight is 228 g/mol. The Labute approximate surface area is 95.8 Å². The van der Waals surface area contributed by atoms with Crippen molar-refractivity contribution in [2.24, 2.45) is 5.41 Å². The topological polar surface area (TPSA) is 36.4 Å². The van der Waals surface area contributed by atoms with Crippen LogP contribution in [0.2, 0.25) is 0 Å². The van der Waals surface area contributed by atoms with Gasteiger partial charge >= 0.3 is 0 Å². The fourth-order valence-corrected chi connectivity index (χ4v) is 2.31. The monoisotopic (exact) mass is 228 g/mol. The quantitative estimate of drug-likeness (QED) is 0.856. The van der Waals surface area contributed by atoms with Crippen LogP contribution in [0.25, 0.3) is 0 Å². The van der Waals surface area contributed by atoms with Crippen molar-refractivity contribution in [2.45, 2.75) is 33.4 Å². The Kier molecular flexibility index (Phi) is 4.25. The normalized spacial score (nSPS) is 14.5. The zero-order chi connectivity index (χ0) is 11.5. The molecule has 4 heteroatoms. The van der Waals surface area contributed by atoms with Gasteiger partial charge in [-0.05, 0) is 12.5 Å². The highest BCUT2D eigenvalue weighted by Crippen LogP contribution is 2.24. The second kappa shape index (κ2) is 5.05. The van der Waals surface area contributed by atoms with Gasteiger partial charge in [0.15, 0.2) is 0 Å². The fourth-order valence-electron chi connectivity index (χ4n) is 1.76. The Hall–Kier alpha value is -0.450. The molecule has 0 aliphatic rings. The third-order valence-corrected chi connectivity index (χ3v) is 3.23. The fraction of sp³-hybridized carbons (Fsp3) is 0.727. The molecule has 0 aliphatic heterocycles. The first kappa shape index (κ1) is 12.6. The summed E-state index contributed by atoms with van der Waals surface area (Å²) in [6, 6.07) is 0.166. The van der Waals surface area contributed by atoms with Crippen molar-refractivity contribution in [3.05, 3.63) is 16.6 Å². The van der Waals surface area contributed by atoms with E-state index in [4.69, 9.17) is 0 Å². The molecule has 1 unspecified atom stereocenters. The summed E-state index contributed by atoms with van der Waals surface area (Å²) < 4.78 is 0. The Morgan fingerprint density at radius 1 is 1.53 bits per heavy atom. The summed E-state index contributed by atoms with van der Waals surface area (Å²) in [6.07, 6.45) is 0. The SMILES string of the molecule is CN(Cc1cscn1)C(CO)C(C)(C)C. The lowest BCUT2D eigenvalue weighted by molar-refractivity contribution is 0.0608. The minimum Gasteiger partial charge on any atom is -0.395 e. The third-order valence-electron chi connectivity index (χ3n) is 2.60. The van der Waals surface area contributed by atoms with Crippen molar-refractivity contribution in [2.75, 3.05) is 13.7 Å². The molecule has 0 aliphatic carbocycles. The second-order valence-electron chi connectivity index (χ2n) is 4.96. The summed E-state index contributed by atoms with van der Waals surface area (Å²) in [5.41, 5.74) is 3.00. The Morgan fingerprint density at radius 2 is 2.20 bits per heavy atom. The van der Waals surface area contributed by atoms with Crippen LogP contribution in [0.4, 0.5) is 0 Å². The van der Waals surface area contributed by atoms with Gasteiger partial charge in [0.05, 0.1) is 17.8 Å². The highest BCUT2D eigenvalue weighted by molar-refractivity contribution is 7.07. The summed E-state index contributed by atoms with van der Waals surface area (Å²) in [5.74, 6) is 0. The van der Waals surface area contributed by atoms with Crippen LogP contribution in [0.15, 0.2) is 10.9 Å². The Morgan fingerprint density at radius 3 is 2.60 bits per heavy atom. The molecule has 1 N–H and O–H groups in total. The highest BCUT2D eigenvalue weighted by atomic mass is 32.1. The van der Waals surface area contributed by atoms with Gasteiger partial charge in [0.1, 0.15) is 0 Å². The summed E-state index contributed by atoms with van der Waals surface area (Å²) in [4.78, 5) is 6.41. The number of hydrogen-bond acceptors (Lipinski definition) is 4. The van der Waals surface area contributed by atoms with E-state index >= 15 is 0 Å². The maximum Gasteiger partial charge on any atom is 0.0795 e. The molecule has 0 saturated heterocycles. The summed E-state index contributed by atoms with van der Waals surface area (Å²) in [5, 5.41) is 11.5. The van der Waals surface area contributed by atoms with Gasteiger partial charge in [-0.15, -0.1) is 11.3 Å². The van der Waals surface area contributed by atoms with Crippen LogP contribution in [0.5, 0.6) is 0 Å². The highest BCUT2D eigenvalue weighted by Gasteiger charge is 2.27. The first-order chi connectivity index (χ1) is 6.95. The zero-order valence-electron chi connectivity index (χ0n) is 9.90. The number of aliphatic hydroxyl groups excluding tert-OH is 1. The number of hydrogen-bond donors (Lipinski definition) is 1. The smallest absolute Gasteiger partial charge is 0.0795 e. The van der Waals surface area contributed by atoms with Gasteiger partial charge in [-0.1, -0.05) is 20.8 Å². The van der Waals surface area contributed by atoms with Gasteiger partial charge in [0.2, 0.25) is 0 Å². The molecule has 0 aromatic carbocycles. The van der Waals surface area contributed by atoms with Crippen LogP contribution in [0.1, 0.15) is 26.5 Å². The van der Waals surface area contributed by atoms with Gasteiger partial charge < -0.3 is 5.11 Å². The van der Waals surface area contributed by atoms with Crippen molar-refractivity contribution in [1.29, 1.82) is 0 Å². The van der Waals surface area contributed by atoms with Gasteiger partial charge in [0.25, 0.3) is 0 Å². The van der Waals surface area contributed by atoms with Crippen molar-refractivity contribution in [3.63, 3.8) is 0 Å². The summed E-state index contributed by atoms with van der Waals surface area (Å²) in [7, 11) is 2.03. The lowest BCUT2D eigenvalue weighted by Crippen LogP contribution is -2.44. The summed E-state index contributed by atoms with van der Waals surface area (Å²) in [6.45, 7) is 7.42. The maximum atomic E-state index is 9.40. The lowest BCUT2D eigenvalue weighted by atomic mass is 9.86. The van der Waals surface area contributed by atoms with Gasteiger partial charge in [-0.25, -0.2) is 4.98 Å². The van der Waals surface area contributed by atoms with Crippen LogP contribution in [-0.4, -0.2) is 34.7 Å². The van der Waals surface area contributed by atoms with E-state index in [1.54, 1.807) is 11.3 Å². The second-order valence-corrected chi connectivity index (χ2v) is 5.68. The van der Waals surface area contributed by atoms with E-state index in [1.165, 1.54) is 0 Å². The molecule has 0 fully saturated rings. The van der Waals surface area contributed by atoms with Crippen LogP contribution in [0, 0.1) is 5.41 Å². The van der Waals surface area contributed by atoms with E-state index < -0.39 is 0 Å². The number of aliphatic hydroxyl groups is 1. The molecular formula is C11H20N2OS. The Balaban J connectivity index is 2.62. The van der Waals surface area contributed by atoms with Crippen molar-refractivity contribution in [3.8, 4) is 0 Å². The molecule has 0 bridgehead atoms. The minimum atomic E-state index is 0.0829. The standard InChI is InChI=1S/C11H20N2OS/c1-11(2,3)10(6-14)13(4)5-9-7-15-8-12-9/h7-8,10,14H,5-6H2,1-4H3. The molecule has 86 valence electrons. The molecule has 0 saturated carbocycles. The molecule has 1 aromatic heterocycles. The van der Waals surface area contributed by atoms with Gasteiger partial charge in [0, 0.05) is 18.0 Å². The molecule has 0 amide bonds. The number of rotatable bonds is 4. The van der Waals surface area contributed by atoms with Crippen LogP contribution in [-0.2, 0) is 6.54 Å². The van der Waals surface area contributed by atoms with Gasteiger partial charge in [-0.3, -0.25) is 4.90 Å². The molecule has 1 atom stereocenters. The van der Waals surface area contributed by atoms with Crippen LogP contribution in [0.3, 0.4) is 0 Å². The van der Waals surface area contributed by atoms with E-state index in [1.807, 2.05) is 17.9 Å². The predicted octanol–water partition coefficient (Wildman–Crippen LogP) is 1.98. The number of nitrogens with zero attached hydrogens (tertiary/aromatic N) is 2. The first-order valence-corrected chi connectivity index (χ1v) is 6.07. The van der Waals surface area contributed by atoms with Crippen molar-refractivity contribution >= 4 is 11.3 Å². The van der Waals surface area contributed by atoms with E-state index in [0.29, 0.717) is 0 Å². The molecule has 3 nitrogen and oxygen atoms in total. The van der Waals surface area contributed by atoms with Crippen molar-refractivity contribution in [1.82, 2.24) is 9.88 Å². The first-order valence-electron chi connectivity index (χ1n) is 5.13. The number of aromatic nitrogens is 1. The van der Waals surface area contributed by atoms with Crippen LogP contribution >= 0.6 is 11.3 Å². The third kappa shape index (κ3) is 3.55.